The Bertz CT molecular complexity index is 592. The monoisotopic (exact) mass is 453 g/mol. The van der Waals surface area contributed by atoms with E-state index >= 15 is 0 Å². The molecular weight excluding hydrogens is 410 g/mol. The number of ether oxygens (including phenoxy) is 1. The number of unbranched alkanes of at least 4 members (excludes halogenated alkanes) is 4. The van der Waals surface area contributed by atoms with Crippen LogP contribution in [0.1, 0.15) is 77.6 Å². The van der Waals surface area contributed by atoms with Crippen LogP contribution in [0.5, 0.6) is 0 Å². The minimum atomic E-state index is -0.709. The van der Waals surface area contributed by atoms with Crippen molar-refractivity contribution in [3.05, 3.63) is 0 Å². The highest BCUT2D eigenvalue weighted by Crippen LogP contribution is 2.29. The minimum absolute atomic E-state index is 0.121. The largest absolute Gasteiger partial charge is 0.481 e. The van der Waals surface area contributed by atoms with Gasteiger partial charge in [-0.05, 0) is 65.5 Å². The molecule has 2 amide bonds. The lowest BCUT2D eigenvalue weighted by Crippen LogP contribution is -2.50. The van der Waals surface area contributed by atoms with Crippen LogP contribution in [-0.2, 0) is 14.3 Å². The van der Waals surface area contributed by atoms with E-state index in [2.05, 4.69) is 11.9 Å². The van der Waals surface area contributed by atoms with E-state index in [1.165, 1.54) is 0 Å². The SMILES string of the molecule is CCOC(=O)CCCCCCCN(C(=O)N1CCCN(C)CC1)C1CCC(C(=O)O)CC1. The molecule has 2 rings (SSSR count). The van der Waals surface area contributed by atoms with Gasteiger partial charge in [0.15, 0.2) is 0 Å². The predicted octanol–water partition coefficient (Wildman–Crippen LogP) is 3.59. The number of nitrogens with zero attached hydrogens (tertiary/aromatic N) is 3. The number of urea groups is 1. The van der Waals surface area contributed by atoms with Crippen molar-refractivity contribution in [1.29, 1.82) is 0 Å². The van der Waals surface area contributed by atoms with Crippen molar-refractivity contribution in [2.45, 2.75) is 83.6 Å². The summed E-state index contributed by atoms with van der Waals surface area (Å²) < 4.78 is 4.96. The number of carboxylic acids is 1. The quantitative estimate of drug-likeness (QED) is 0.380. The lowest BCUT2D eigenvalue weighted by molar-refractivity contribution is -0.144. The molecule has 1 saturated heterocycles. The van der Waals surface area contributed by atoms with Crippen molar-refractivity contribution < 1.29 is 24.2 Å². The van der Waals surface area contributed by atoms with E-state index in [0.29, 0.717) is 25.9 Å². The maximum absolute atomic E-state index is 13.4. The second kappa shape index (κ2) is 14.3. The summed E-state index contributed by atoms with van der Waals surface area (Å²) in [6.07, 6.45) is 9.18. The van der Waals surface area contributed by atoms with E-state index in [0.717, 1.165) is 84.1 Å². The highest BCUT2D eigenvalue weighted by atomic mass is 16.5. The zero-order chi connectivity index (χ0) is 23.3. The van der Waals surface area contributed by atoms with Gasteiger partial charge in [0.05, 0.1) is 12.5 Å². The van der Waals surface area contributed by atoms with Gasteiger partial charge in [0.1, 0.15) is 0 Å². The Kier molecular flexibility index (Phi) is 11.8. The van der Waals surface area contributed by atoms with Crippen LogP contribution in [0.25, 0.3) is 0 Å². The Morgan fingerprint density at radius 1 is 0.938 bits per heavy atom. The molecule has 8 nitrogen and oxygen atoms in total. The summed E-state index contributed by atoms with van der Waals surface area (Å²) in [4.78, 5) is 42.5. The fourth-order valence-corrected chi connectivity index (χ4v) is 4.80. The molecule has 0 aromatic carbocycles. The van der Waals surface area contributed by atoms with Gasteiger partial charge in [-0.15, -0.1) is 0 Å². The summed E-state index contributed by atoms with van der Waals surface area (Å²) in [6, 6.07) is 0.268. The van der Waals surface area contributed by atoms with E-state index in [9.17, 15) is 19.5 Å². The molecule has 2 aliphatic rings. The highest BCUT2D eigenvalue weighted by molar-refractivity contribution is 5.75. The summed E-state index contributed by atoms with van der Waals surface area (Å²) in [5.41, 5.74) is 0. The van der Waals surface area contributed by atoms with Crippen molar-refractivity contribution in [3.8, 4) is 0 Å². The Balaban J connectivity index is 1.83. The van der Waals surface area contributed by atoms with Crippen LogP contribution in [0.3, 0.4) is 0 Å². The number of hydrogen-bond acceptors (Lipinski definition) is 5. The molecule has 0 bridgehead atoms. The highest BCUT2D eigenvalue weighted by Gasteiger charge is 2.33. The standard InChI is InChI=1S/C24H43N3O5/c1-3-32-22(28)10-7-5-4-6-8-17-27(21-13-11-20(12-14-21)23(29)30)24(31)26-16-9-15-25(2)18-19-26/h20-21H,3-19H2,1-2H3,(H,29,30). The van der Waals surface area contributed by atoms with Crippen LogP contribution in [0.15, 0.2) is 0 Å². The third kappa shape index (κ3) is 8.96. The van der Waals surface area contributed by atoms with E-state index in [1.54, 1.807) is 0 Å². The number of carbonyl (C=O) groups excluding carboxylic acids is 2. The van der Waals surface area contributed by atoms with E-state index < -0.39 is 5.97 Å². The number of carbonyl (C=O) groups is 3. The second-order valence-electron chi connectivity index (χ2n) is 9.29. The summed E-state index contributed by atoms with van der Waals surface area (Å²) in [5, 5.41) is 9.32. The van der Waals surface area contributed by atoms with Gasteiger partial charge in [-0.3, -0.25) is 9.59 Å². The van der Waals surface area contributed by atoms with Crippen molar-refractivity contribution in [3.63, 3.8) is 0 Å². The number of carboxylic acid groups (broad SMARTS) is 1. The number of hydrogen-bond donors (Lipinski definition) is 1. The molecule has 1 aliphatic carbocycles. The molecule has 1 N–H and O–H groups in total. The van der Waals surface area contributed by atoms with E-state index in [4.69, 9.17) is 4.74 Å². The summed E-state index contributed by atoms with van der Waals surface area (Å²) in [6.45, 7) is 6.44. The normalized spacial score (nSPS) is 22.2. The zero-order valence-electron chi connectivity index (χ0n) is 20.1. The number of likely N-dealkylation sites (N-methyl/N-ethyl adjacent to an activating group) is 1. The molecule has 0 atom stereocenters. The van der Waals surface area contributed by atoms with E-state index in [1.807, 2.05) is 16.7 Å². The first-order valence-electron chi connectivity index (χ1n) is 12.5. The predicted molar refractivity (Wildman–Crippen MR) is 124 cm³/mol. The Hall–Kier alpha value is -1.83. The molecule has 0 aromatic rings. The molecule has 1 aliphatic heterocycles. The number of esters is 1. The van der Waals surface area contributed by atoms with Crippen LogP contribution < -0.4 is 0 Å². The summed E-state index contributed by atoms with van der Waals surface area (Å²) in [7, 11) is 2.10. The molecule has 1 saturated carbocycles. The average molecular weight is 454 g/mol. The summed E-state index contributed by atoms with van der Waals surface area (Å²) >= 11 is 0. The van der Waals surface area contributed by atoms with Gasteiger partial charge in [0, 0.05) is 38.6 Å². The maximum Gasteiger partial charge on any atom is 0.320 e. The minimum Gasteiger partial charge on any atom is -0.481 e. The first-order chi connectivity index (χ1) is 15.4. The number of rotatable bonds is 11. The van der Waals surface area contributed by atoms with Gasteiger partial charge in [-0.25, -0.2) is 4.79 Å². The smallest absolute Gasteiger partial charge is 0.320 e. The lowest BCUT2D eigenvalue weighted by Gasteiger charge is -2.39. The average Bonchev–Trinajstić information content (AvgIpc) is 3.00. The third-order valence-electron chi connectivity index (χ3n) is 6.81. The second-order valence-corrected chi connectivity index (χ2v) is 9.29. The third-order valence-corrected chi connectivity index (χ3v) is 6.81. The van der Waals surface area contributed by atoms with E-state index in [-0.39, 0.29) is 24.0 Å². The van der Waals surface area contributed by atoms with Crippen molar-refractivity contribution in [2.75, 3.05) is 46.4 Å². The number of amides is 2. The molecular formula is C24H43N3O5. The Morgan fingerprint density at radius 3 is 2.31 bits per heavy atom. The van der Waals surface area contributed by atoms with Crippen molar-refractivity contribution >= 4 is 18.0 Å². The lowest BCUT2D eigenvalue weighted by atomic mass is 9.85. The zero-order valence-corrected chi connectivity index (χ0v) is 20.1. The molecule has 0 radical (unpaired) electrons. The fourth-order valence-electron chi connectivity index (χ4n) is 4.80. The molecule has 0 aromatic heterocycles. The van der Waals surface area contributed by atoms with Gasteiger partial charge in [-0.1, -0.05) is 19.3 Å². The maximum atomic E-state index is 13.4. The number of aliphatic carboxylic acids is 1. The van der Waals surface area contributed by atoms with Crippen molar-refractivity contribution in [1.82, 2.24) is 14.7 Å². The Morgan fingerprint density at radius 2 is 1.62 bits per heavy atom. The van der Waals surface area contributed by atoms with Crippen LogP contribution in [0.2, 0.25) is 0 Å². The molecule has 0 spiro atoms. The van der Waals surface area contributed by atoms with Crippen LogP contribution in [-0.4, -0.2) is 90.2 Å². The van der Waals surface area contributed by atoms with Gasteiger partial charge < -0.3 is 24.5 Å². The van der Waals surface area contributed by atoms with Gasteiger partial charge in [0.2, 0.25) is 0 Å². The first-order valence-corrected chi connectivity index (χ1v) is 12.5. The molecule has 0 unspecified atom stereocenters. The van der Waals surface area contributed by atoms with Gasteiger partial charge in [0.25, 0.3) is 0 Å². The van der Waals surface area contributed by atoms with Gasteiger partial charge in [-0.2, -0.15) is 0 Å². The van der Waals surface area contributed by atoms with Crippen molar-refractivity contribution in [2.24, 2.45) is 5.92 Å². The molecule has 32 heavy (non-hydrogen) atoms. The molecule has 2 fully saturated rings. The van der Waals surface area contributed by atoms with Gasteiger partial charge >= 0.3 is 18.0 Å². The Labute approximate surface area is 193 Å². The molecule has 184 valence electrons. The topological polar surface area (TPSA) is 90.4 Å². The van der Waals surface area contributed by atoms with Crippen LogP contribution >= 0.6 is 0 Å². The fraction of sp³-hybridized carbons (Fsp3) is 0.875. The van der Waals surface area contributed by atoms with Crippen LogP contribution in [0.4, 0.5) is 4.79 Å². The first kappa shape index (κ1) is 26.4. The van der Waals surface area contributed by atoms with Crippen LogP contribution in [0, 0.1) is 5.92 Å². The molecule has 8 heteroatoms. The summed E-state index contributed by atoms with van der Waals surface area (Å²) in [5.74, 6) is -1.10. The molecule has 1 heterocycles.